The van der Waals surface area contributed by atoms with Crippen LogP contribution in [-0.4, -0.2) is 34.0 Å². The zero-order chi connectivity index (χ0) is 22.5. The van der Waals surface area contributed by atoms with E-state index in [2.05, 4.69) is 65.4 Å². The number of benzene rings is 2. The van der Waals surface area contributed by atoms with Crippen molar-refractivity contribution in [3.8, 4) is 11.4 Å². The van der Waals surface area contributed by atoms with E-state index >= 15 is 0 Å². The van der Waals surface area contributed by atoms with Crippen molar-refractivity contribution in [2.75, 3.05) is 13.1 Å². The Balaban J connectivity index is 1.29. The van der Waals surface area contributed by atoms with E-state index in [-0.39, 0.29) is 17.9 Å². The highest BCUT2D eigenvalue weighted by Crippen LogP contribution is 2.24. The van der Waals surface area contributed by atoms with Crippen LogP contribution < -0.4 is 5.32 Å². The molecule has 1 amide bonds. The van der Waals surface area contributed by atoms with E-state index in [4.69, 9.17) is 4.52 Å². The average molecular weight is 433 g/mol. The van der Waals surface area contributed by atoms with Crippen LogP contribution in [0.1, 0.15) is 54.8 Å². The van der Waals surface area contributed by atoms with Crippen LogP contribution in [0.25, 0.3) is 11.4 Å². The Morgan fingerprint density at radius 2 is 1.94 bits per heavy atom. The van der Waals surface area contributed by atoms with E-state index in [1.807, 2.05) is 24.3 Å². The topological polar surface area (TPSA) is 71.3 Å². The van der Waals surface area contributed by atoms with Crippen LogP contribution in [0.15, 0.2) is 53.1 Å². The van der Waals surface area contributed by atoms with Gasteiger partial charge in [-0.1, -0.05) is 60.1 Å². The van der Waals surface area contributed by atoms with Gasteiger partial charge < -0.3 is 9.84 Å². The molecule has 1 fully saturated rings. The third kappa shape index (κ3) is 5.25. The molecule has 0 saturated carbocycles. The molecule has 1 aliphatic rings. The summed E-state index contributed by atoms with van der Waals surface area (Å²) in [4.78, 5) is 19.8. The van der Waals surface area contributed by atoms with Gasteiger partial charge in [-0.15, -0.1) is 0 Å². The molecule has 0 aliphatic carbocycles. The fourth-order valence-corrected chi connectivity index (χ4v) is 4.43. The number of hydrogen-bond acceptors (Lipinski definition) is 5. The van der Waals surface area contributed by atoms with Crippen molar-refractivity contribution >= 4 is 5.91 Å². The lowest BCUT2D eigenvalue weighted by molar-refractivity contribution is -0.127. The highest BCUT2D eigenvalue weighted by Gasteiger charge is 2.27. The van der Waals surface area contributed by atoms with Crippen LogP contribution in [-0.2, 0) is 11.3 Å². The predicted octanol–water partition coefficient (Wildman–Crippen LogP) is 4.83. The van der Waals surface area contributed by atoms with Gasteiger partial charge in [-0.05, 0) is 63.4 Å². The van der Waals surface area contributed by atoms with Crippen molar-refractivity contribution < 1.29 is 9.32 Å². The maximum absolute atomic E-state index is 12.9. The second kappa shape index (κ2) is 10.1. The molecule has 1 aliphatic heterocycles. The van der Waals surface area contributed by atoms with Crippen molar-refractivity contribution in [2.45, 2.75) is 52.6 Å². The highest BCUT2D eigenvalue weighted by atomic mass is 16.5. The average Bonchev–Trinajstić information content (AvgIpc) is 3.27. The maximum Gasteiger partial charge on any atom is 0.241 e. The number of amides is 1. The van der Waals surface area contributed by atoms with E-state index in [0.717, 1.165) is 37.9 Å². The van der Waals surface area contributed by atoms with Gasteiger partial charge in [-0.25, -0.2) is 0 Å². The van der Waals surface area contributed by atoms with Crippen LogP contribution in [0.5, 0.6) is 0 Å². The number of nitrogens with zero attached hydrogens (tertiary/aromatic N) is 3. The van der Waals surface area contributed by atoms with Gasteiger partial charge in [0.25, 0.3) is 0 Å². The third-order valence-corrected chi connectivity index (χ3v) is 6.35. The first-order chi connectivity index (χ1) is 15.5. The first kappa shape index (κ1) is 22.2. The van der Waals surface area contributed by atoms with E-state index in [9.17, 15) is 4.79 Å². The van der Waals surface area contributed by atoms with E-state index in [1.54, 1.807) is 0 Å². The summed E-state index contributed by atoms with van der Waals surface area (Å²) >= 11 is 0. The number of rotatable bonds is 7. The molecule has 1 aromatic heterocycles. The van der Waals surface area contributed by atoms with Crippen LogP contribution in [0.3, 0.4) is 0 Å². The zero-order valence-electron chi connectivity index (χ0n) is 19.2. The van der Waals surface area contributed by atoms with Gasteiger partial charge in [0.2, 0.25) is 17.6 Å². The molecular weight excluding hydrogens is 400 g/mol. The summed E-state index contributed by atoms with van der Waals surface area (Å²) < 4.78 is 5.48. The predicted molar refractivity (Wildman–Crippen MR) is 125 cm³/mol. The Bertz CT molecular complexity index is 1050. The number of nitrogens with one attached hydrogen (secondary N) is 1. The standard InChI is InChI=1S/C26H32N4O2/c1-4-23(22-11-6-5-9-19(22)3)27-26(31)20-12-14-30(15-13-20)17-24-28-25(29-32-24)21-10-7-8-18(2)16-21/h5-11,16,20,23H,4,12-15,17H2,1-3H3,(H,27,31). The number of hydrogen-bond donors (Lipinski definition) is 1. The second-order valence-electron chi connectivity index (χ2n) is 8.76. The van der Waals surface area contributed by atoms with Gasteiger partial charge in [0.15, 0.2) is 0 Å². The minimum atomic E-state index is 0.0508. The Morgan fingerprint density at radius 3 is 2.66 bits per heavy atom. The van der Waals surface area contributed by atoms with Gasteiger partial charge in [0, 0.05) is 11.5 Å². The first-order valence-corrected chi connectivity index (χ1v) is 11.5. The third-order valence-electron chi connectivity index (χ3n) is 6.35. The molecule has 2 heterocycles. The minimum absolute atomic E-state index is 0.0508. The molecule has 32 heavy (non-hydrogen) atoms. The van der Waals surface area contributed by atoms with E-state index < -0.39 is 0 Å². The van der Waals surface area contributed by atoms with Crippen molar-refractivity contribution in [3.63, 3.8) is 0 Å². The highest BCUT2D eigenvalue weighted by molar-refractivity contribution is 5.79. The molecule has 4 rings (SSSR count). The lowest BCUT2D eigenvalue weighted by atomic mass is 9.94. The molecule has 168 valence electrons. The maximum atomic E-state index is 12.9. The number of aryl methyl sites for hydroxylation is 2. The van der Waals surface area contributed by atoms with Crippen LogP contribution in [0.2, 0.25) is 0 Å². The number of carbonyl (C=O) groups is 1. The van der Waals surface area contributed by atoms with Crippen molar-refractivity contribution in [3.05, 3.63) is 71.1 Å². The molecule has 1 unspecified atom stereocenters. The quantitative estimate of drug-likeness (QED) is 0.579. The summed E-state index contributed by atoms with van der Waals surface area (Å²) in [5.74, 6) is 1.46. The Kier molecular flexibility index (Phi) is 7.00. The summed E-state index contributed by atoms with van der Waals surface area (Å²) in [5.41, 5.74) is 4.57. The molecule has 1 saturated heterocycles. The lowest BCUT2D eigenvalue weighted by Gasteiger charge is -2.31. The summed E-state index contributed by atoms with van der Waals surface area (Å²) in [6, 6.07) is 16.5. The first-order valence-electron chi connectivity index (χ1n) is 11.5. The number of carbonyl (C=O) groups excluding carboxylic acids is 1. The Morgan fingerprint density at radius 1 is 1.16 bits per heavy atom. The summed E-state index contributed by atoms with van der Waals surface area (Å²) in [6.07, 6.45) is 2.57. The van der Waals surface area contributed by atoms with Gasteiger partial charge in [0.05, 0.1) is 12.6 Å². The fourth-order valence-electron chi connectivity index (χ4n) is 4.43. The van der Waals surface area contributed by atoms with Crippen LogP contribution in [0.4, 0.5) is 0 Å². The molecule has 0 radical (unpaired) electrons. The smallest absolute Gasteiger partial charge is 0.241 e. The van der Waals surface area contributed by atoms with Gasteiger partial charge >= 0.3 is 0 Å². The largest absolute Gasteiger partial charge is 0.349 e. The van der Waals surface area contributed by atoms with Crippen molar-refractivity contribution in [1.29, 1.82) is 0 Å². The molecule has 6 heteroatoms. The number of piperidine rings is 1. The molecule has 1 atom stereocenters. The normalized spacial score (nSPS) is 16.1. The van der Waals surface area contributed by atoms with Crippen LogP contribution in [0, 0.1) is 19.8 Å². The Labute approximate surface area is 190 Å². The summed E-state index contributed by atoms with van der Waals surface area (Å²) in [5, 5.41) is 7.42. The van der Waals surface area contributed by atoms with Crippen LogP contribution >= 0.6 is 0 Å². The Hall–Kier alpha value is -2.99. The molecule has 3 aromatic rings. The second-order valence-corrected chi connectivity index (χ2v) is 8.76. The van der Waals surface area contributed by atoms with E-state index in [0.29, 0.717) is 18.3 Å². The monoisotopic (exact) mass is 432 g/mol. The molecule has 0 spiro atoms. The molecule has 0 bridgehead atoms. The van der Waals surface area contributed by atoms with Gasteiger partial charge in [0.1, 0.15) is 0 Å². The van der Waals surface area contributed by atoms with Crippen molar-refractivity contribution in [2.24, 2.45) is 5.92 Å². The lowest BCUT2D eigenvalue weighted by Crippen LogP contribution is -2.41. The summed E-state index contributed by atoms with van der Waals surface area (Å²) in [7, 11) is 0. The number of likely N-dealkylation sites (tertiary alicyclic amines) is 1. The van der Waals surface area contributed by atoms with Gasteiger partial charge in [-0.2, -0.15) is 4.98 Å². The van der Waals surface area contributed by atoms with E-state index in [1.165, 1.54) is 16.7 Å². The minimum Gasteiger partial charge on any atom is -0.349 e. The SMILES string of the molecule is CCC(NC(=O)C1CCN(Cc2nc(-c3cccc(C)c3)no2)CC1)c1ccccc1C. The molecule has 6 nitrogen and oxygen atoms in total. The van der Waals surface area contributed by atoms with Gasteiger partial charge in [-0.3, -0.25) is 9.69 Å². The zero-order valence-corrected chi connectivity index (χ0v) is 19.2. The number of aromatic nitrogens is 2. The summed E-state index contributed by atoms with van der Waals surface area (Å²) in [6.45, 7) is 8.59. The molecule has 1 N–H and O–H groups in total. The molecular formula is C26H32N4O2. The fraction of sp³-hybridized carbons (Fsp3) is 0.423. The van der Waals surface area contributed by atoms with Crippen molar-refractivity contribution in [1.82, 2.24) is 20.4 Å². The molecule has 2 aromatic carbocycles.